The number of nitrogens with two attached hydrogens (primary N) is 1. The van der Waals surface area contributed by atoms with Crippen molar-refractivity contribution in [1.82, 2.24) is 9.97 Å². The number of esters is 1. The maximum atomic E-state index is 11.5. The topological polar surface area (TPSA) is 78.1 Å². The van der Waals surface area contributed by atoms with Crippen molar-refractivity contribution in [2.75, 3.05) is 11.5 Å². The van der Waals surface area contributed by atoms with Gasteiger partial charge in [0.25, 0.3) is 0 Å². The highest BCUT2D eigenvalue weighted by atomic mass is 79.9. The van der Waals surface area contributed by atoms with Gasteiger partial charge in [-0.1, -0.05) is 11.8 Å². The molecule has 0 aromatic carbocycles. The fourth-order valence-corrected chi connectivity index (χ4v) is 2.16. The molecule has 94 valence electrons. The number of anilines is 1. The highest BCUT2D eigenvalue weighted by molar-refractivity contribution is 9.10. The SMILES string of the molecule is CC(C)(C)OC(=O)CSc1nc(N)ncc1Br. The van der Waals surface area contributed by atoms with E-state index in [2.05, 4.69) is 25.9 Å². The van der Waals surface area contributed by atoms with Gasteiger partial charge in [0.1, 0.15) is 10.6 Å². The molecule has 5 nitrogen and oxygen atoms in total. The van der Waals surface area contributed by atoms with Gasteiger partial charge in [-0.25, -0.2) is 9.97 Å². The molecule has 7 heteroatoms. The Morgan fingerprint density at radius 3 is 2.82 bits per heavy atom. The number of aromatic nitrogens is 2. The van der Waals surface area contributed by atoms with Gasteiger partial charge in [-0.15, -0.1) is 0 Å². The molecule has 0 saturated heterocycles. The van der Waals surface area contributed by atoms with Crippen LogP contribution in [-0.4, -0.2) is 27.3 Å². The van der Waals surface area contributed by atoms with Crippen LogP contribution in [0.4, 0.5) is 5.95 Å². The summed E-state index contributed by atoms with van der Waals surface area (Å²) < 4.78 is 5.89. The summed E-state index contributed by atoms with van der Waals surface area (Å²) in [5, 5.41) is 0.628. The van der Waals surface area contributed by atoms with Crippen LogP contribution in [0.25, 0.3) is 0 Å². The molecule has 0 aliphatic heterocycles. The van der Waals surface area contributed by atoms with Crippen molar-refractivity contribution in [2.24, 2.45) is 0 Å². The fourth-order valence-electron chi connectivity index (χ4n) is 0.964. The Hall–Kier alpha value is -0.820. The number of ether oxygens (including phenoxy) is 1. The van der Waals surface area contributed by atoms with Gasteiger partial charge >= 0.3 is 5.97 Å². The van der Waals surface area contributed by atoms with Crippen molar-refractivity contribution in [1.29, 1.82) is 0 Å². The van der Waals surface area contributed by atoms with E-state index in [-0.39, 0.29) is 17.7 Å². The van der Waals surface area contributed by atoms with Gasteiger partial charge in [0, 0.05) is 6.20 Å². The first kappa shape index (κ1) is 14.2. The second kappa shape index (κ2) is 5.68. The first-order valence-corrected chi connectivity index (χ1v) is 6.68. The van der Waals surface area contributed by atoms with Crippen molar-refractivity contribution >= 4 is 39.6 Å². The summed E-state index contributed by atoms with van der Waals surface area (Å²) in [6.45, 7) is 5.48. The average molecular weight is 320 g/mol. The van der Waals surface area contributed by atoms with Crippen LogP contribution in [0.5, 0.6) is 0 Å². The fraction of sp³-hybridized carbons (Fsp3) is 0.500. The Morgan fingerprint density at radius 1 is 1.59 bits per heavy atom. The molecular weight excluding hydrogens is 306 g/mol. The minimum Gasteiger partial charge on any atom is -0.459 e. The molecule has 0 amide bonds. The molecule has 0 spiro atoms. The van der Waals surface area contributed by atoms with Crippen molar-refractivity contribution in [2.45, 2.75) is 31.4 Å². The molecular formula is C10H14BrN3O2S. The standard InChI is InChI=1S/C10H14BrN3O2S/c1-10(2,3)16-7(15)5-17-8-6(11)4-13-9(12)14-8/h4H,5H2,1-3H3,(H2,12,13,14). The van der Waals surface area contributed by atoms with Crippen LogP contribution in [0.2, 0.25) is 0 Å². The molecule has 0 aliphatic rings. The highest BCUT2D eigenvalue weighted by Crippen LogP contribution is 2.25. The van der Waals surface area contributed by atoms with E-state index < -0.39 is 5.60 Å². The number of rotatable bonds is 3. The Balaban J connectivity index is 2.56. The van der Waals surface area contributed by atoms with E-state index in [1.807, 2.05) is 20.8 Å². The lowest BCUT2D eigenvalue weighted by molar-refractivity contribution is -0.151. The first-order chi connectivity index (χ1) is 7.78. The molecule has 0 fully saturated rings. The van der Waals surface area contributed by atoms with Crippen molar-refractivity contribution in [3.05, 3.63) is 10.7 Å². The van der Waals surface area contributed by atoms with Gasteiger partial charge in [0.05, 0.1) is 10.2 Å². The molecule has 0 unspecified atom stereocenters. The number of hydrogen-bond donors (Lipinski definition) is 1. The zero-order chi connectivity index (χ0) is 13.1. The van der Waals surface area contributed by atoms with E-state index >= 15 is 0 Å². The van der Waals surface area contributed by atoms with Crippen LogP contribution in [0.1, 0.15) is 20.8 Å². The van der Waals surface area contributed by atoms with Crippen LogP contribution >= 0.6 is 27.7 Å². The number of thioether (sulfide) groups is 1. The predicted octanol–water partition coefficient (Wildman–Crippen LogP) is 2.26. The number of carbonyl (C=O) groups is 1. The lowest BCUT2D eigenvalue weighted by Gasteiger charge is -2.19. The Kier molecular flexibility index (Phi) is 4.76. The summed E-state index contributed by atoms with van der Waals surface area (Å²) in [4.78, 5) is 19.3. The first-order valence-electron chi connectivity index (χ1n) is 4.90. The molecule has 17 heavy (non-hydrogen) atoms. The Labute approximate surface area is 113 Å². The van der Waals surface area contributed by atoms with Gasteiger partial charge in [0.15, 0.2) is 0 Å². The second-order valence-corrected chi connectivity index (χ2v) is 6.07. The number of nitrogens with zero attached hydrogens (tertiary/aromatic N) is 2. The van der Waals surface area contributed by atoms with Crippen LogP contribution in [0.15, 0.2) is 15.7 Å². The quantitative estimate of drug-likeness (QED) is 0.523. The monoisotopic (exact) mass is 319 g/mol. The third-order valence-corrected chi connectivity index (χ3v) is 3.28. The number of halogens is 1. The average Bonchev–Trinajstić information content (AvgIpc) is 2.17. The summed E-state index contributed by atoms with van der Waals surface area (Å²) in [5.74, 6) is 0.0817. The number of carbonyl (C=O) groups excluding carboxylic acids is 1. The minimum atomic E-state index is -0.473. The summed E-state index contributed by atoms with van der Waals surface area (Å²) in [5.41, 5.74) is 4.99. The molecule has 0 atom stereocenters. The summed E-state index contributed by atoms with van der Waals surface area (Å²) in [6.07, 6.45) is 1.56. The zero-order valence-corrected chi connectivity index (χ0v) is 12.3. The number of nitrogen functional groups attached to an aromatic ring is 1. The molecule has 1 rings (SSSR count). The minimum absolute atomic E-state index is 0.180. The van der Waals surface area contributed by atoms with E-state index in [4.69, 9.17) is 10.5 Å². The molecule has 0 bridgehead atoms. The van der Waals surface area contributed by atoms with E-state index in [9.17, 15) is 4.79 Å². The molecule has 1 aromatic rings. The van der Waals surface area contributed by atoms with E-state index in [0.29, 0.717) is 9.50 Å². The molecule has 0 radical (unpaired) electrons. The van der Waals surface area contributed by atoms with Gasteiger partial charge in [-0.05, 0) is 36.7 Å². The smallest absolute Gasteiger partial charge is 0.316 e. The molecule has 0 aliphatic carbocycles. The summed E-state index contributed by atoms with van der Waals surface area (Å²) in [7, 11) is 0. The van der Waals surface area contributed by atoms with Gasteiger partial charge in [-0.3, -0.25) is 4.79 Å². The summed E-state index contributed by atoms with van der Waals surface area (Å²) in [6, 6.07) is 0. The Morgan fingerprint density at radius 2 is 2.24 bits per heavy atom. The molecule has 1 aromatic heterocycles. The van der Waals surface area contributed by atoms with Crippen LogP contribution in [0.3, 0.4) is 0 Å². The van der Waals surface area contributed by atoms with Gasteiger partial charge in [-0.2, -0.15) is 0 Å². The van der Waals surface area contributed by atoms with Crippen LogP contribution in [0, 0.1) is 0 Å². The highest BCUT2D eigenvalue weighted by Gasteiger charge is 2.17. The lowest BCUT2D eigenvalue weighted by atomic mass is 10.2. The largest absolute Gasteiger partial charge is 0.459 e. The second-order valence-electron chi connectivity index (χ2n) is 4.26. The third kappa shape index (κ3) is 5.36. The maximum Gasteiger partial charge on any atom is 0.316 e. The number of hydrogen-bond acceptors (Lipinski definition) is 6. The van der Waals surface area contributed by atoms with Crippen molar-refractivity contribution < 1.29 is 9.53 Å². The van der Waals surface area contributed by atoms with Crippen molar-refractivity contribution in [3.63, 3.8) is 0 Å². The van der Waals surface area contributed by atoms with Gasteiger partial charge < -0.3 is 10.5 Å². The zero-order valence-electron chi connectivity index (χ0n) is 9.86. The van der Waals surface area contributed by atoms with E-state index in [1.165, 1.54) is 11.8 Å². The molecule has 2 N–H and O–H groups in total. The van der Waals surface area contributed by atoms with E-state index in [0.717, 1.165) is 0 Å². The van der Waals surface area contributed by atoms with E-state index in [1.54, 1.807) is 6.20 Å². The normalized spacial score (nSPS) is 11.3. The Bertz CT molecular complexity index is 421. The lowest BCUT2D eigenvalue weighted by Crippen LogP contribution is -2.24. The third-order valence-electron chi connectivity index (χ3n) is 1.48. The summed E-state index contributed by atoms with van der Waals surface area (Å²) >= 11 is 4.55. The predicted molar refractivity (Wildman–Crippen MR) is 70.7 cm³/mol. The van der Waals surface area contributed by atoms with Crippen LogP contribution in [-0.2, 0) is 9.53 Å². The maximum absolute atomic E-state index is 11.5. The van der Waals surface area contributed by atoms with Gasteiger partial charge in [0.2, 0.25) is 5.95 Å². The van der Waals surface area contributed by atoms with Crippen LogP contribution < -0.4 is 5.73 Å². The molecule has 1 heterocycles. The van der Waals surface area contributed by atoms with Crippen molar-refractivity contribution in [3.8, 4) is 0 Å². The molecule has 0 saturated carbocycles.